The molecule has 0 saturated heterocycles. The first-order chi connectivity index (χ1) is 14.1. The molecule has 0 aliphatic carbocycles. The molecule has 0 saturated carbocycles. The molecule has 0 radical (unpaired) electrons. The smallest absolute Gasteiger partial charge is 0.272 e. The van der Waals surface area contributed by atoms with E-state index in [0.717, 1.165) is 5.56 Å². The minimum atomic E-state index is -0.291. The summed E-state index contributed by atoms with van der Waals surface area (Å²) in [7, 11) is 4.63. The average Bonchev–Trinajstić information content (AvgIpc) is 2.77. The lowest BCUT2D eigenvalue weighted by atomic mass is 10.2. The van der Waals surface area contributed by atoms with Crippen LogP contribution < -0.4 is 24.8 Å². The maximum absolute atomic E-state index is 12.2. The molecule has 1 heterocycles. The Hall–Kier alpha value is -3.81. The Kier molecular flexibility index (Phi) is 6.47. The van der Waals surface area contributed by atoms with Gasteiger partial charge in [-0.25, -0.2) is 0 Å². The van der Waals surface area contributed by atoms with Crippen LogP contribution in [-0.2, 0) is 6.54 Å². The van der Waals surface area contributed by atoms with Gasteiger partial charge in [-0.1, -0.05) is 30.3 Å². The summed E-state index contributed by atoms with van der Waals surface area (Å²) in [6.07, 6.45) is 0. The molecule has 0 aliphatic rings. The van der Waals surface area contributed by atoms with E-state index in [1.807, 2.05) is 30.3 Å². The van der Waals surface area contributed by atoms with Crippen molar-refractivity contribution in [2.24, 2.45) is 0 Å². The van der Waals surface area contributed by atoms with E-state index in [9.17, 15) is 4.79 Å². The van der Waals surface area contributed by atoms with Gasteiger partial charge >= 0.3 is 0 Å². The number of anilines is 2. The number of aromatic nitrogens is 2. The predicted molar refractivity (Wildman–Crippen MR) is 109 cm³/mol. The first-order valence-corrected chi connectivity index (χ1v) is 8.87. The Morgan fingerprint density at radius 3 is 2.14 bits per heavy atom. The first kappa shape index (κ1) is 19.9. The van der Waals surface area contributed by atoms with Crippen molar-refractivity contribution in [1.82, 2.24) is 15.5 Å². The lowest BCUT2D eigenvalue weighted by molar-refractivity contribution is 0.0945. The number of hydrogen-bond acceptors (Lipinski definition) is 7. The second-order valence-electron chi connectivity index (χ2n) is 6.01. The molecule has 0 fully saturated rings. The summed E-state index contributed by atoms with van der Waals surface area (Å²) >= 11 is 0. The number of methoxy groups -OCH3 is 3. The summed E-state index contributed by atoms with van der Waals surface area (Å²) in [6.45, 7) is 0.423. The summed E-state index contributed by atoms with van der Waals surface area (Å²) < 4.78 is 16.0. The van der Waals surface area contributed by atoms with Crippen LogP contribution in [0, 0.1) is 0 Å². The molecule has 150 valence electrons. The summed E-state index contributed by atoms with van der Waals surface area (Å²) in [5.74, 6) is 1.70. The number of amides is 1. The molecular formula is C21H22N4O4. The monoisotopic (exact) mass is 394 g/mol. The van der Waals surface area contributed by atoms with E-state index in [1.54, 1.807) is 45.6 Å². The van der Waals surface area contributed by atoms with E-state index in [0.29, 0.717) is 35.3 Å². The van der Waals surface area contributed by atoms with Crippen molar-refractivity contribution in [2.45, 2.75) is 6.54 Å². The van der Waals surface area contributed by atoms with Gasteiger partial charge in [0.2, 0.25) is 5.75 Å². The van der Waals surface area contributed by atoms with Crippen molar-refractivity contribution >= 4 is 17.4 Å². The largest absolute Gasteiger partial charge is 0.493 e. The lowest BCUT2D eigenvalue weighted by Crippen LogP contribution is -2.24. The SMILES string of the molecule is COc1cc(Nc2ccc(C(=O)NCc3ccccc3)nn2)cc(OC)c1OC. The van der Waals surface area contributed by atoms with E-state index in [2.05, 4.69) is 20.8 Å². The van der Waals surface area contributed by atoms with Gasteiger partial charge in [0.25, 0.3) is 5.91 Å². The highest BCUT2D eigenvalue weighted by molar-refractivity contribution is 5.92. The number of nitrogens with one attached hydrogen (secondary N) is 2. The Labute approximate surface area is 168 Å². The topological polar surface area (TPSA) is 94.6 Å². The van der Waals surface area contributed by atoms with Gasteiger partial charge < -0.3 is 24.8 Å². The van der Waals surface area contributed by atoms with E-state index >= 15 is 0 Å². The maximum atomic E-state index is 12.2. The van der Waals surface area contributed by atoms with Gasteiger partial charge in [0.05, 0.1) is 21.3 Å². The third-order valence-corrected chi connectivity index (χ3v) is 4.13. The third-order valence-electron chi connectivity index (χ3n) is 4.13. The molecular weight excluding hydrogens is 372 g/mol. The molecule has 0 atom stereocenters. The van der Waals surface area contributed by atoms with E-state index < -0.39 is 0 Å². The number of benzene rings is 2. The van der Waals surface area contributed by atoms with Crippen molar-refractivity contribution in [3.05, 3.63) is 65.9 Å². The van der Waals surface area contributed by atoms with Crippen LogP contribution in [0.4, 0.5) is 11.5 Å². The Morgan fingerprint density at radius 2 is 1.59 bits per heavy atom. The number of ether oxygens (including phenoxy) is 3. The highest BCUT2D eigenvalue weighted by Crippen LogP contribution is 2.40. The Morgan fingerprint density at radius 1 is 0.897 bits per heavy atom. The average molecular weight is 394 g/mol. The lowest BCUT2D eigenvalue weighted by Gasteiger charge is -2.14. The summed E-state index contributed by atoms with van der Waals surface area (Å²) in [5, 5.41) is 14.0. The molecule has 2 N–H and O–H groups in total. The van der Waals surface area contributed by atoms with Crippen LogP contribution in [0.2, 0.25) is 0 Å². The van der Waals surface area contributed by atoms with Gasteiger partial charge in [-0.15, -0.1) is 10.2 Å². The second kappa shape index (κ2) is 9.41. The number of nitrogens with zero attached hydrogens (tertiary/aromatic N) is 2. The highest BCUT2D eigenvalue weighted by atomic mass is 16.5. The fourth-order valence-electron chi connectivity index (χ4n) is 2.69. The van der Waals surface area contributed by atoms with Gasteiger partial charge in [-0.05, 0) is 17.7 Å². The summed E-state index contributed by atoms with van der Waals surface area (Å²) in [4.78, 5) is 12.2. The molecule has 3 rings (SSSR count). The molecule has 8 heteroatoms. The van der Waals surface area contributed by atoms with Crippen LogP contribution >= 0.6 is 0 Å². The van der Waals surface area contributed by atoms with Crippen LogP contribution in [0.15, 0.2) is 54.6 Å². The molecule has 29 heavy (non-hydrogen) atoms. The van der Waals surface area contributed by atoms with Crippen LogP contribution in [-0.4, -0.2) is 37.4 Å². The molecule has 0 aliphatic heterocycles. The van der Waals surface area contributed by atoms with Gasteiger partial charge in [-0.2, -0.15) is 0 Å². The third kappa shape index (κ3) is 4.92. The minimum absolute atomic E-state index is 0.233. The van der Waals surface area contributed by atoms with E-state index in [1.165, 1.54) is 0 Å². The fourth-order valence-corrected chi connectivity index (χ4v) is 2.69. The van der Waals surface area contributed by atoms with Crippen LogP contribution in [0.3, 0.4) is 0 Å². The quantitative estimate of drug-likeness (QED) is 0.606. The van der Waals surface area contributed by atoms with Gasteiger partial charge in [0.15, 0.2) is 23.0 Å². The molecule has 1 amide bonds. The molecule has 0 spiro atoms. The number of carbonyl (C=O) groups excluding carboxylic acids is 1. The van der Waals surface area contributed by atoms with Crippen LogP contribution in [0.5, 0.6) is 17.2 Å². The predicted octanol–water partition coefficient (Wildman–Crippen LogP) is 3.18. The van der Waals surface area contributed by atoms with Crippen molar-refractivity contribution < 1.29 is 19.0 Å². The standard InChI is InChI=1S/C21H22N4O4/c1-27-17-11-15(12-18(28-2)20(17)29-3)23-19-10-9-16(24-25-19)21(26)22-13-14-7-5-4-6-8-14/h4-12H,13H2,1-3H3,(H,22,26)(H,23,25). The summed E-state index contributed by atoms with van der Waals surface area (Å²) in [6, 6.07) is 16.4. The van der Waals surface area contributed by atoms with Gasteiger partial charge in [0, 0.05) is 24.4 Å². The zero-order chi connectivity index (χ0) is 20.6. The number of rotatable bonds is 8. The Balaban J connectivity index is 1.68. The Bertz CT molecular complexity index is 937. The zero-order valence-corrected chi connectivity index (χ0v) is 16.4. The minimum Gasteiger partial charge on any atom is -0.493 e. The molecule has 2 aromatic carbocycles. The fraction of sp³-hybridized carbons (Fsp3) is 0.190. The van der Waals surface area contributed by atoms with Crippen molar-refractivity contribution in [2.75, 3.05) is 26.6 Å². The first-order valence-electron chi connectivity index (χ1n) is 8.87. The van der Waals surface area contributed by atoms with Crippen molar-refractivity contribution in [1.29, 1.82) is 0 Å². The van der Waals surface area contributed by atoms with E-state index in [-0.39, 0.29) is 11.6 Å². The molecule has 1 aromatic heterocycles. The summed E-state index contributed by atoms with van der Waals surface area (Å²) in [5.41, 5.74) is 1.92. The number of carbonyl (C=O) groups is 1. The van der Waals surface area contributed by atoms with Crippen LogP contribution in [0.1, 0.15) is 16.1 Å². The van der Waals surface area contributed by atoms with Crippen molar-refractivity contribution in [3.8, 4) is 17.2 Å². The van der Waals surface area contributed by atoms with Gasteiger partial charge in [-0.3, -0.25) is 4.79 Å². The highest BCUT2D eigenvalue weighted by Gasteiger charge is 2.14. The maximum Gasteiger partial charge on any atom is 0.272 e. The van der Waals surface area contributed by atoms with Crippen LogP contribution in [0.25, 0.3) is 0 Å². The van der Waals surface area contributed by atoms with Crippen molar-refractivity contribution in [3.63, 3.8) is 0 Å². The molecule has 3 aromatic rings. The molecule has 0 unspecified atom stereocenters. The second-order valence-corrected chi connectivity index (χ2v) is 6.01. The number of hydrogen-bond donors (Lipinski definition) is 2. The zero-order valence-electron chi connectivity index (χ0n) is 16.4. The van der Waals surface area contributed by atoms with E-state index in [4.69, 9.17) is 14.2 Å². The molecule has 8 nitrogen and oxygen atoms in total. The molecule has 0 bridgehead atoms. The van der Waals surface area contributed by atoms with Gasteiger partial charge in [0.1, 0.15) is 0 Å². The normalized spacial score (nSPS) is 10.2.